The highest BCUT2D eigenvalue weighted by atomic mass is 19.1. The lowest BCUT2D eigenvalue weighted by Gasteiger charge is -2.26. The van der Waals surface area contributed by atoms with E-state index in [9.17, 15) is 9.18 Å². The van der Waals surface area contributed by atoms with E-state index in [-0.39, 0.29) is 18.2 Å². The van der Waals surface area contributed by atoms with Crippen LogP contribution in [0.3, 0.4) is 0 Å². The number of carbonyl (C=O) groups excluding carboxylic acids is 1. The van der Waals surface area contributed by atoms with Crippen LogP contribution in [-0.4, -0.2) is 46.7 Å². The van der Waals surface area contributed by atoms with Crippen molar-refractivity contribution in [1.82, 2.24) is 15.0 Å². The molecular weight excluding hydrogens is 349 g/mol. The first kappa shape index (κ1) is 17.8. The van der Waals surface area contributed by atoms with Crippen LogP contribution in [0.4, 0.5) is 16.2 Å². The Morgan fingerprint density at radius 3 is 2.85 bits per heavy atom. The predicted octanol–water partition coefficient (Wildman–Crippen LogP) is 2.79. The van der Waals surface area contributed by atoms with E-state index in [0.717, 1.165) is 12.8 Å². The number of nitrogens with one attached hydrogen (secondary N) is 1. The van der Waals surface area contributed by atoms with Crippen molar-refractivity contribution in [2.45, 2.75) is 38.1 Å². The first-order valence-electron chi connectivity index (χ1n) is 9.35. The van der Waals surface area contributed by atoms with Crippen LogP contribution in [0.2, 0.25) is 0 Å². The number of pyridine rings is 1. The smallest absolute Gasteiger partial charge is 0.254 e. The van der Waals surface area contributed by atoms with Gasteiger partial charge in [0, 0.05) is 6.04 Å². The zero-order valence-electron chi connectivity index (χ0n) is 15.0. The second-order valence-corrected chi connectivity index (χ2v) is 6.85. The summed E-state index contributed by atoms with van der Waals surface area (Å²) in [5.41, 5.74) is 0.504. The summed E-state index contributed by atoms with van der Waals surface area (Å²) in [6.07, 6.45) is 6.93. The Morgan fingerprint density at radius 2 is 2.04 bits per heavy atom. The molecule has 8 heteroatoms. The number of aromatic nitrogens is 3. The van der Waals surface area contributed by atoms with Crippen LogP contribution in [-0.2, 0) is 9.53 Å². The molecule has 2 aliphatic rings. The molecular formula is C19H22FN5O2. The number of rotatable bonds is 4. The van der Waals surface area contributed by atoms with E-state index in [1.807, 2.05) is 0 Å². The van der Waals surface area contributed by atoms with Gasteiger partial charge in [-0.25, -0.2) is 19.3 Å². The van der Waals surface area contributed by atoms with Crippen molar-refractivity contribution in [3.63, 3.8) is 0 Å². The Morgan fingerprint density at radius 1 is 1.19 bits per heavy atom. The van der Waals surface area contributed by atoms with Crippen LogP contribution in [0.15, 0.2) is 24.4 Å². The molecule has 0 bridgehead atoms. The van der Waals surface area contributed by atoms with Gasteiger partial charge >= 0.3 is 0 Å². The molecule has 0 atom stereocenters. The summed E-state index contributed by atoms with van der Waals surface area (Å²) >= 11 is 0. The van der Waals surface area contributed by atoms with E-state index >= 15 is 0 Å². The van der Waals surface area contributed by atoms with Crippen LogP contribution in [0, 0.1) is 5.82 Å². The minimum Gasteiger partial charge on any atom is -0.370 e. The predicted molar refractivity (Wildman–Crippen MR) is 98.9 cm³/mol. The number of ether oxygens (including phenoxy) is 1. The molecule has 1 aliphatic carbocycles. The normalized spacial score (nSPS) is 18.6. The van der Waals surface area contributed by atoms with Gasteiger partial charge in [0.1, 0.15) is 18.1 Å². The zero-order valence-corrected chi connectivity index (χ0v) is 15.0. The molecule has 1 aliphatic heterocycles. The van der Waals surface area contributed by atoms with Gasteiger partial charge in [0.15, 0.2) is 5.82 Å². The maximum absolute atomic E-state index is 14.4. The van der Waals surface area contributed by atoms with Gasteiger partial charge < -0.3 is 10.1 Å². The molecule has 27 heavy (non-hydrogen) atoms. The topological polar surface area (TPSA) is 80.2 Å². The van der Waals surface area contributed by atoms with Crippen molar-refractivity contribution in [2.24, 2.45) is 0 Å². The number of nitrogens with zero attached hydrogens (tertiary/aromatic N) is 4. The van der Waals surface area contributed by atoms with Crippen LogP contribution >= 0.6 is 0 Å². The van der Waals surface area contributed by atoms with E-state index < -0.39 is 5.82 Å². The van der Waals surface area contributed by atoms with Crippen molar-refractivity contribution in [2.75, 3.05) is 30.0 Å². The molecule has 7 nitrogen and oxygen atoms in total. The SMILES string of the molecule is O=C1COCCN1c1cccc(-c2nc(NC3CCCCC3)ncc2F)n1. The van der Waals surface area contributed by atoms with Crippen LogP contribution in [0.5, 0.6) is 0 Å². The first-order chi connectivity index (χ1) is 13.2. The summed E-state index contributed by atoms with van der Waals surface area (Å²) in [4.78, 5) is 26.5. The van der Waals surface area contributed by atoms with Crippen molar-refractivity contribution in [3.8, 4) is 11.4 Å². The number of hydrogen-bond acceptors (Lipinski definition) is 6. The van der Waals surface area contributed by atoms with Crippen molar-refractivity contribution >= 4 is 17.7 Å². The van der Waals surface area contributed by atoms with Crippen molar-refractivity contribution in [1.29, 1.82) is 0 Å². The number of anilines is 2. The lowest BCUT2D eigenvalue weighted by molar-refractivity contribution is -0.125. The second kappa shape index (κ2) is 7.96. The third-order valence-electron chi connectivity index (χ3n) is 4.92. The zero-order chi connectivity index (χ0) is 18.6. The fourth-order valence-electron chi connectivity index (χ4n) is 3.51. The summed E-state index contributed by atoms with van der Waals surface area (Å²) in [6.45, 7) is 0.911. The minimum atomic E-state index is -0.540. The van der Waals surface area contributed by atoms with Gasteiger partial charge in [0.2, 0.25) is 5.95 Å². The maximum Gasteiger partial charge on any atom is 0.254 e. The Hall–Kier alpha value is -2.61. The first-order valence-corrected chi connectivity index (χ1v) is 9.35. The summed E-state index contributed by atoms with van der Waals surface area (Å²) in [5, 5.41) is 3.31. The number of halogens is 1. The van der Waals surface area contributed by atoms with Gasteiger partial charge in [0.25, 0.3) is 5.91 Å². The summed E-state index contributed by atoms with van der Waals surface area (Å²) in [6, 6.07) is 5.48. The van der Waals surface area contributed by atoms with E-state index in [0.29, 0.717) is 36.7 Å². The van der Waals surface area contributed by atoms with Gasteiger partial charge in [-0.2, -0.15) is 0 Å². The molecule has 0 spiro atoms. The quantitative estimate of drug-likeness (QED) is 0.890. The molecule has 2 aromatic heterocycles. The van der Waals surface area contributed by atoms with Crippen LogP contribution in [0.25, 0.3) is 11.4 Å². The van der Waals surface area contributed by atoms with E-state index in [4.69, 9.17) is 4.74 Å². The molecule has 1 saturated carbocycles. The van der Waals surface area contributed by atoms with E-state index in [1.54, 1.807) is 23.1 Å². The molecule has 1 N–H and O–H groups in total. The van der Waals surface area contributed by atoms with Gasteiger partial charge in [-0.05, 0) is 25.0 Å². The maximum atomic E-state index is 14.4. The lowest BCUT2D eigenvalue weighted by Crippen LogP contribution is -2.42. The molecule has 142 valence electrons. The van der Waals surface area contributed by atoms with Crippen molar-refractivity contribution < 1.29 is 13.9 Å². The molecule has 0 radical (unpaired) electrons. The monoisotopic (exact) mass is 371 g/mol. The Kier molecular flexibility index (Phi) is 5.24. The summed E-state index contributed by atoms with van der Waals surface area (Å²) < 4.78 is 19.5. The second-order valence-electron chi connectivity index (χ2n) is 6.85. The summed E-state index contributed by atoms with van der Waals surface area (Å²) in [7, 11) is 0. The fraction of sp³-hybridized carbons (Fsp3) is 0.474. The molecule has 2 aromatic rings. The Balaban J connectivity index is 1.59. The Labute approximate surface area is 157 Å². The van der Waals surface area contributed by atoms with Gasteiger partial charge in [-0.15, -0.1) is 0 Å². The molecule has 1 saturated heterocycles. The average molecular weight is 371 g/mol. The highest BCUT2D eigenvalue weighted by Crippen LogP contribution is 2.25. The third-order valence-corrected chi connectivity index (χ3v) is 4.92. The van der Waals surface area contributed by atoms with Crippen LogP contribution in [0.1, 0.15) is 32.1 Å². The molecule has 3 heterocycles. The molecule has 2 fully saturated rings. The molecule has 0 aromatic carbocycles. The third kappa shape index (κ3) is 4.05. The number of morpholine rings is 1. The number of carbonyl (C=O) groups is 1. The molecule has 0 unspecified atom stereocenters. The fourth-order valence-corrected chi connectivity index (χ4v) is 3.51. The largest absolute Gasteiger partial charge is 0.370 e. The minimum absolute atomic E-state index is 0.0310. The van der Waals surface area contributed by atoms with Gasteiger partial charge in [-0.3, -0.25) is 9.69 Å². The van der Waals surface area contributed by atoms with Gasteiger partial charge in [0.05, 0.1) is 25.0 Å². The highest BCUT2D eigenvalue weighted by molar-refractivity contribution is 5.94. The average Bonchev–Trinajstić information content (AvgIpc) is 2.71. The molecule has 1 amide bonds. The van der Waals surface area contributed by atoms with E-state index in [2.05, 4.69) is 20.3 Å². The van der Waals surface area contributed by atoms with Gasteiger partial charge in [-0.1, -0.05) is 25.3 Å². The van der Waals surface area contributed by atoms with Crippen molar-refractivity contribution in [3.05, 3.63) is 30.2 Å². The lowest BCUT2D eigenvalue weighted by atomic mass is 9.96. The summed E-state index contributed by atoms with van der Waals surface area (Å²) in [5.74, 6) is 0.185. The van der Waals surface area contributed by atoms with E-state index in [1.165, 1.54) is 25.5 Å². The number of hydrogen-bond donors (Lipinski definition) is 1. The highest BCUT2D eigenvalue weighted by Gasteiger charge is 2.22. The molecule has 4 rings (SSSR count). The number of amides is 1. The standard InChI is InChI=1S/C19H22FN5O2/c20-14-11-21-19(22-13-5-2-1-3-6-13)24-18(14)15-7-4-8-16(23-15)25-9-10-27-12-17(25)26/h4,7-8,11,13H,1-3,5-6,9-10,12H2,(H,21,22,24). The Bertz CT molecular complexity index is 825. The van der Waals surface area contributed by atoms with Crippen LogP contribution < -0.4 is 10.2 Å².